The number of hydrogen-bond donors (Lipinski definition) is 0. The van der Waals surface area contributed by atoms with Crippen LogP contribution in [0.5, 0.6) is 0 Å². The van der Waals surface area contributed by atoms with E-state index in [1.165, 1.54) is 0 Å². The third kappa shape index (κ3) is 6.06. The Kier molecular flexibility index (Phi) is 7.22. The minimum absolute atomic E-state index is 0.190. The molecule has 0 saturated heterocycles. The lowest BCUT2D eigenvalue weighted by atomic mass is 10.1. The van der Waals surface area contributed by atoms with Gasteiger partial charge in [0.2, 0.25) is 0 Å². The quantitative estimate of drug-likeness (QED) is 0.584. The zero-order chi connectivity index (χ0) is 14.6. The van der Waals surface area contributed by atoms with Crippen LogP contribution in [0.3, 0.4) is 0 Å². The Morgan fingerprint density at radius 1 is 1.21 bits per heavy atom. The van der Waals surface area contributed by atoms with Crippen molar-refractivity contribution < 1.29 is 4.79 Å². The Morgan fingerprint density at radius 2 is 1.74 bits per heavy atom. The van der Waals surface area contributed by atoms with Crippen molar-refractivity contribution in [3.8, 4) is 0 Å². The van der Waals surface area contributed by atoms with Gasteiger partial charge in [-0.1, -0.05) is 27.7 Å². The third-order valence-corrected chi connectivity index (χ3v) is 4.91. The molecule has 0 aliphatic rings. The maximum atomic E-state index is 12.4. The van der Waals surface area contributed by atoms with Gasteiger partial charge in [0.1, 0.15) is 0 Å². The summed E-state index contributed by atoms with van der Waals surface area (Å²) in [5, 5.41) is 0. The van der Waals surface area contributed by atoms with Crippen molar-refractivity contribution in [3.05, 3.63) is 19.2 Å². The molecule has 1 aromatic heterocycles. The molecule has 0 saturated carbocycles. The summed E-state index contributed by atoms with van der Waals surface area (Å²) in [4.78, 5) is 14.6. The highest BCUT2D eigenvalue weighted by Crippen LogP contribution is 2.32. The summed E-state index contributed by atoms with van der Waals surface area (Å²) in [6.07, 6.45) is 0. The zero-order valence-electron chi connectivity index (χ0n) is 11.9. The molecule has 19 heavy (non-hydrogen) atoms. The molecule has 0 fully saturated rings. The maximum absolute atomic E-state index is 12.4. The van der Waals surface area contributed by atoms with Crippen molar-refractivity contribution in [2.45, 2.75) is 27.7 Å². The number of thiophene rings is 1. The van der Waals surface area contributed by atoms with Crippen molar-refractivity contribution in [1.29, 1.82) is 0 Å². The smallest absolute Gasteiger partial charge is 0.178 e. The molecule has 1 heterocycles. The standard InChI is InChI=1S/C14H21Br2NOS/c1-9(2)6-17(7-10(3)4)8-12(18)11-5-13(15)19-14(11)16/h5,9-10H,6-8H2,1-4H3. The Balaban J connectivity index is 2.72. The number of Topliss-reactive ketones (excluding diaryl/α,β-unsaturated/α-hetero) is 1. The predicted molar refractivity (Wildman–Crippen MR) is 90.2 cm³/mol. The summed E-state index contributed by atoms with van der Waals surface area (Å²) < 4.78 is 1.90. The van der Waals surface area contributed by atoms with Crippen LogP contribution in [0.4, 0.5) is 0 Å². The van der Waals surface area contributed by atoms with E-state index in [0.717, 1.165) is 26.2 Å². The lowest BCUT2D eigenvalue weighted by Crippen LogP contribution is -2.35. The van der Waals surface area contributed by atoms with Gasteiger partial charge < -0.3 is 0 Å². The van der Waals surface area contributed by atoms with Crippen LogP contribution in [0.1, 0.15) is 38.1 Å². The lowest BCUT2D eigenvalue weighted by Gasteiger charge is -2.25. The maximum Gasteiger partial charge on any atom is 0.178 e. The number of ketones is 1. The molecule has 0 N–H and O–H groups in total. The lowest BCUT2D eigenvalue weighted by molar-refractivity contribution is 0.0912. The van der Waals surface area contributed by atoms with Crippen molar-refractivity contribution in [2.75, 3.05) is 19.6 Å². The summed E-state index contributed by atoms with van der Waals surface area (Å²) in [6, 6.07) is 1.90. The highest BCUT2D eigenvalue weighted by molar-refractivity contribution is 9.12. The number of nitrogens with zero attached hydrogens (tertiary/aromatic N) is 1. The molecule has 0 atom stereocenters. The van der Waals surface area contributed by atoms with E-state index in [-0.39, 0.29) is 5.78 Å². The molecule has 0 amide bonds. The molecule has 5 heteroatoms. The van der Waals surface area contributed by atoms with E-state index in [1.807, 2.05) is 6.07 Å². The molecule has 0 aromatic carbocycles. The number of carbonyl (C=O) groups excluding carboxylic acids is 1. The Hall–Kier alpha value is 0.290. The number of rotatable bonds is 7. The molecule has 1 aromatic rings. The van der Waals surface area contributed by atoms with Crippen molar-refractivity contribution in [2.24, 2.45) is 11.8 Å². The van der Waals surface area contributed by atoms with E-state index in [9.17, 15) is 4.79 Å². The molecule has 0 aliphatic carbocycles. The largest absolute Gasteiger partial charge is 0.295 e. The fourth-order valence-electron chi connectivity index (χ4n) is 2.06. The van der Waals surface area contributed by atoms with Gasteiger partial charge in [0.05, 0.1) is 14.1 Å². The van der Waals surface area contributed by atoms with Gasteiger partial charge in [-0.15, -0.1) is 11.3 Å². The molecular weight excluding hydrogens is 390 g/mol. The van der Waals surface area contributed by atoms with E-state index in [4.69, 9.17) is 0 Å². The van der Waals surface area contributed by atoms with E-state index in [2.05, 4.69) is 64.5 Å². The van der Waals surface area contributed by atoms with Crippen LogP contribution >= 0.6 is 43.2 Å². The highest BCUT2D eigenvalue weighted by Gasteiger charge is 2.18. The number of halogens is 2. The van der Waals surface area contributed by atoms with Crippen LogP contribution in [0.2, 0.25) is 0 Å². The van der Waals surface area contributed by atoms with E-state index >= 15 is 0 Å². The Morgan fingerprint density at radius 3 is 2.11 bits per heavy atom. The summed E-state index contributed by atoms with van der Waals surface area (Å²) in [7, 11) is 0. The van der Waals surface area contributed by atoms with Gasteiger partial charge in [-0.3, -0.25) is 9.69 Å². The Labute approximate surface area is 136 Å². The SMILES string of the molecule is CC(C)CN(CC(=O)c1cc(Br)sc1Br)CC(C)C. The van der Waals surface area contributed by atoms with Crippen LogP contribution in [-0.4, -0.2) is 30.3 Å². The normalized spacial score (nSPS) is 11.8. The monoisotopic (exact) mass is 409 g/mol. The van der Waals surface area contributed by atoms with Crippen molar-refractivity contribution in [1.82, 2.24) is 4.90 Å². The number of carbonyl (C=O) groups is 1. The first kappa shape index (κ1) is 17.3. The molecule has 0 bridgehead atoms. The van der Waals surface area contributed by atoms with Gasteiger partial charge in [0.15, 0.2) is 5.78 Å². The van der Waals surface area contributed by atoms with Crippen LogP contribution < -0.4 is 0 Å². The van der Waals surface area contributed by atoms with E-state index < -0.39 is 0 Å². The van der Waals surface area contributed by atoms with E-state index in [0.29, 0.717) is 18.4 Å². The highest BCUT2D eigenvalue weighted by atomic mass is 79.9. The molecule has 2 nitrogen and oxygen atoms in total. The minimum Gasteiger partial charge on any atom is -0.295 e. The zero-order valence-corrected chi connectivity index (χ0v) is 15.9. The first-order chi connectivity index (χ1) is 8.79. The Bertz CT molecular complexity index is 419. The summed E-state index contributed by atoms with van der Waals surface area (Å²) in [6.45, 7) is 11.2. The summed E-state index contributed by atoms with van der Waals surface area (Å²) in [5.41, 5.74) is 0.786. The van der Waals surface area contributed by atoms with Crippen molar-refractivity contribution in [3.63, 3.8) is 0 Å². The first-order valence-electron chi connectivity index (χ1n) is 6.50. The average Bonchev–Trinajstić information content (AvgIpc) is 2.55. The first-order valence-corrected chi connectivity index (χ1v) is 8.90. The van der Waals surface area contributed by atoms with Crippen LogP contribution in [-0.2, 0) is 0 Å². The molecular formula is C14H21Br2NOS. The molecule has 0 radical (unpaired) electrons. The van der Waals surface area contributed by atoms with E-state index in [1.54, 1.807) is 11.3 Å². The van der Waals surface area contributed by atoms with Gasteiger partial charge in [-0.25, -0.2) is 0 Å². The van der Waals surface area contributed by atoms with Gasteiger partial charge in [0, 0.05) is 18.7 Å². The molecule has 1 rings (SSSR count). The van der Waals surface area contributed by atoms with Crippen LogP contribution in [0, 0.1) is 11.8 Å². The predicted octanol–water partition coefficient (Wildman–Crippen LogP) is 5.07. The number of hydrogen-bond acceptors (Lipinski definition) is 3. The fourth-order valence-corrected chi connectivity index (χ4v) is 4.91. The summed E-state index contributed by atoms with van der Waals surface area (Å²) in [5.74, 6) is 1.34. The average molecular weight is 411 g/mol. The molecule has 0 aliphatic heterocycles. The topological polar surface area (TPSA) is 20.3 Å². The van der Waals surface area contributed by atoms with Crippen LogP contribution in [0.15, 0.2) is 13.6 Å². The van der Waals surface area contributed by atoms with Gasteiger partial charge >= 0.3 is 0 Å². The second kappa shape index (κ2) is 7.91. The second-order valence-electron chi connectivity index (χ2n) is 5.64. The van der Waals surface area contributed by atoms with Gasteiger partial charge in [-0.2, -0.15) is 0 Å². The molecule has 0 spiro atoms. The molecule has 0 unspecified atom stereocenters. The summed E-state index contributed by atoms with van der Waals surface area (Å²) >= 11 is 8.43. The van der Waals surface area contributed by atoms with Crippen molar-refractivity contribution >= 4 is 49.0 Å². The molecule has 108 valence electrons. The van der Waals surface area contributed by atoms with Crippen LogP contribution in [0.25, 0.3) is 0 Å². The minimum atomic E-state index is 0.190. The van der Waals surface area contributed by atoms with Gasteiger partial charge in [-0.05, 0) is 49.8 Å². The second-order valence-corrected chi connectivity index (χ2v) is 9.39. The fraction of sp³-hybridized carbons (Fsp3) is 0.643. The van der Waals surface area contributed by atoms with Gasteiger partial charge in [0.25, 0.3) is 0 Å². The third-order valence-electron chi connectivity index (χ3n) is 2.57.